The van der Waals surface area contributed by atoms with Crippen LogP contribution in [0.4, 0.5) is 5.69 Å². The zero-order chi connectivity index (χ0) is 21.7. The monoisotopic (exact) mass is 442 g/mol. The Bertz CT molecular complexity index is 1060. The first-order valence-corrected chi connectivity index (χ1v) is 10.8. The number of benzene rings is 2. The second-order valence-corrected chi connectivity index (χ2v) is 8.33. The minimum Gasteiger partial charge on any atom is -0.346 e. The maximum absolute atomic E-state index is 12.2. The van der Waals surface area contributed by atoms with Gasteiger partial charge in [0.25, 0.3) is 0 Å². The molecular weight excluding hydrogens is 420 g/mol. The Hall–Kier alpha value is -2.77. The summed E-state index contributed by atoms with van der Waals surface area (Å²) in [6.45, 7) is 5.83. The van der Waals surface area contributed by atoms with Gasteiger partial charge in [0.15, 0.2) is 5.16 Å². The van der Waals surface area contributed by atoms with Gasteiger partial charge in [-0.05, 0) is 50.1 Å². The van der Waals surface area contributed by atoms with E-state index in [0.717, 1.165) is 28.1 Å². The molecule has 0 unspecified atom stereocenters. The van der Waals surface area contributed by atoms with Gasteiger partial charge in [0, 0.05) is 28.8 Å². The number of hydrogen-bond acceptors (Lipinski definition) is 4. The number of hydrogen-bond donors (Lipinski definition) is 2. The van der Waals surface area contributed by atoms with Crippen LogP contribution >= 0.6 is 23.4 Å². The summed E-state index contributed by atoms with van der Waals surface area (Å²) >= 11 is 7.34. The number of carbonyl (C=O) groups is 2. The number of nitrogens with zero attached hydrogens (tertiary/aromatic N) is 2. The number of nitrogens with one attached hydrogen (secondary N) is 2. The predicted molar refractivity (Wildman–Crippen MR) is 122 cm³/mol. The highest BCUT2D eigenvalue weighted by Crippen LogP contribution is 2.23. The second kappa shape index (κ2) is 9.82. The third-order valence-corrected chi connectivity index (χ3v) is 5.62. The molecule has 6 nitrogen and oxygen atoms in total. The lowest BCUT2D eigenvalue weighted by Gasteiger charge is -2.13. The molecule has 0 aliphatic heterocycles. The van der Waals surface area contributed by atoms with Crippen molar-refractivity contribution in [3.8, 4) is 5.69 Å². The minimum absolute atomic E-state index is 0.0884. The first-order chi connectivity index (χ1) is 14.3. The molecule has 156 valence electrons. The van der Waals surface area contributed by atoms with E-state index in [1.54, 1.807) is 12.3 Å². The molecular formula is C22H23ClN4O2S. The van der Waals surface area contributed by atoms with Crippen LogP contribution in [0.5, 0.6) is 0 Å². The second-order valence-electron chi connectivity index (χ2n) is 6.95. The van der Waals surface area contributed by atoms with Gasteiger partial charge in [-0.3, -0.25) is 14.2 Å². The van der Waals surface area contributed by atoms with Gasteiger partial charge in [0.05, 0.1) is 12.3 Å². The molecule has 0 radical (unpaired) electrons. The van der Waals surface area contributed by atoms with Gasteiger partial charge in [0.2, 0.25) is 11.8 Å². The van der Waals surface area contributed by atoms with Gasteiger partial charge >= 0.3 is 0 Å². The fourth-order valence-corrected chi connectivity index (χ4v) is 4.13. The quantitative estimate of drug-likeness (QED) is 0.535. The molecule has 3 rings (SSSR count). The van der Waals surface area contributed by atoms with Crippen molar-refractivity contribution < 1.29 is 9.59 Å². The van der Waals surface area contributed by atoms with Crippen molar-refractivity contribution in [2.75, 3.05) is 17.6 Å². The summed E-state index contributed by atoms with van der Waals surface area (Å²) in [6.07, 6.45) is 3.48. The highest BCUT2D eigenvalue weighted by atomic mass is 35.5. The Kier molecular flexibility index (Phi) is 7.18. The van der Waals surface area contributed by atoms with E-state index in [4.69, 9.17) is 11.6 Å². The summed E-state index contributed by atoms with van der Waals surface area (Å²) in [5.74, 6) is -0.357. The van der Waals surface area contributed by atoms with E-state index < -0.39 is 0 Å². The number of rotatable bonds is 7. The van der Waals surface area contributed by atoms with E-state index in [0.29, 0.717) is 10.2 Å². The standard InChI is InChI=1S/C22H23ClN4O2S/c1-14-9-15(2)21(16(3)10-14)26-19(28)12-25-20(29)13-30-22-24-7-8-27(22)18-6-4-5-17(23)11-18/h4-11H,12-13H2,1-3H3,(H,25,29)(H,26,28). The molecule has 30 heavy (non-hydrogen) atoms. The maximum Gasteiger partial charge on any atom is 0.243 e. The highest BCUT2D eigenvalue weighted by Gasteiger charge is 2.12. The van der Waals surface area contributed by atoms with Crippen LogP contribution < -0.4 is 10.6 Å². The molecule has 3 aromatic rings. The van der Waals surface area contributed by atoms with Crippen LogP contribution in [0.15, 0.2) is 53.9 Å². The molecule has 0 bridgehead atoms. The summed E-state index contributed by atoms with van der Waals surface area (Å²) < 4.78 is 1.86. The normalized spacial score (nSPS) is 10.7. The van der Waals surface area contributed by atoms with Gasteiger partial charge in [0.1, 0.15) is 0 Å². The first kappa shape index (κ1) is 21.9. The van der Waals surface area contributed by atoms with Crippen molar-refractivity contribution in [2.24, 2.45) is 0 Å². The number of thioether (sulfide) groups is 1. The number of halogens is 1. The number of amides is 2. The van der Waals surface area contributed by atoms with E-state index >= 15 is 0 Å². The third kappa shape index (κ3) is 5.64. The maximum atomic E-state index is 12.2. The van der Waals surface area contributed by atoms with Crippen LogP contribution in [-0.4, -0.2) is 33.7 Å². The molecule has 2 amide bonds. The zero-order valence-electron chi connectivity index (χ0n) is 17.0. The number of aryl methyl sites for hydroxylation is 3. The van der Waals surface area contributed by atoms with Crippen molar-refractivity contribution in [3.63, 3.8) is 0 Å². The van der Waals surface area contributed by atoms with E-state index in [-0.39, 0.29) is 24.1 Å². The molecule has 0 aliphatic rings. The number of imidazole rings is 1. The van der Waals surface area contributed by atoms with Gasteiger partial charge in [-0.25, -0.2) is 4.98 Å². The Labute approximate surface area is 185 Å². The van der Waals surface area contributed by atoms with Crippen molar-refractivity contribution in [1.29, 1.82) is 0 Å². The Balaban J connectivity index is 1.52. The fraction of sp³-hybridized carbons (Fsp3) is 0.227. The third-order valence-electron chi connectivity index (χ3n) is 4.41. The molecule has 2 N–H and O–H groups in total. The molecule has 0 saturated heterocycles. The lowest BCUT2D eigenvalue weighted by Crippen LogP contribution is -2.34. The summed E-state index contributed by atoms with van der Waals surface area (Å²) in [5, 5.41) is 6.83. The molecule has 1 heterocycles. The summed E-state index contributed by atoms with van der Waals surface area (Å²) in [5.41, 5.74) is 4.79. The predicted octanol–water partition coefficient (Wildman–Crippen LogP) is 4.30. The number of carbonyl (C=O) groups excluding carboxylic acids is 2. The SMILES string of the molecule is Cc1cc(C)c(NC(=O)CNC(=O)CSc2nccn2-c2cccc(Cl)c2)c(C)c1. The van der Waals surface area contributed by atoms with Crippen LogP contribution in [0.25, 0.3) is 5.69 Å². The molecule has 2 aromatic carbocycles. The van der Waals surface area contributed by atoms with E-state index in [1.807, 2.05) is 61.9 Å². The summed E-state index contributed by atoms with van der Waals surface area (Å²) in [4.78, 5) is 28.7. The van der Waals surface area contributed by atoms with Crippen LogP contribution in [0.1, 0.15) is 16.7 Å². The van der Waals surface area contributed by atoms with Crippen LogP contribution in [0.2, 0.25) is 5.02 Å². The molecule has 0 spiro atoms. The van der Waals surface area contributed by atoms with Crippen LogP contribution in [0, 0.1) is 20.8 Å². The van der Waals surface area contributed by atoms with Crippen LogP contribution in [-0.2, 0) is 9.59 Å². The molecule has 1 aromatic heterocycles. The molecule has 8 heteroatoms. The molecule has 0 aliphatic carbocycles. The smallest absolute Gasteiger partial charge is 0.243 e. The van der Waals surface area contributed by atoms with E-state index in [2.05, 4.69) is 15.6 Å². The average molecular weight is 443 g/mol. The fourth-order valence-electron chi connectivity index (χ4n) is 3.14. The van der Waals surface area contributed by atoms with Crippen molar-refractivity contribution in [3.05, 3.63) is 70.5 Å². The average Bonchev–Trinajstić information content (AvgIpc) is 3.16. The van der Waals surface area contributed by atoms with Gasteiger partial charge in [-0.2, -0.15) is 0 Å². The molecule has 0 atom stereocenters. The number of anilines is 1. The molecule has 0 saturated carbocycles. The summed E-state index contributed by atoms with van der Waals surface area (Å²) in [7, 11) is 0. The highest BCUT2D eigenvalue weighted by molar-refractivity contribution is 7.99. The lowest BCUT2D eigenvalue weighted by molar-refractivity contribution is -0.122. The van der Waals surface area contributed by atoms with Gasteiger partial charge < -0.3 is 10.6 Å². The Morgan fingerprint density at radius 2 is 1.83 bits per heavy atom. The van der Waals surface area contributed by atoms with Gasteiger partial charge in [-0.1, -0.05) is 47.1 Å². The largest absolute Gasteiger partial charge is 0.346 e. The topological polar surface area (TPSA) is 76.0 Å². The summed E-state index contributed by atoms with van der Waals surface area (Å²) in [6, 6.07) is 11.4. The van der Waals surface area contributed by atoms with Crippen molar-refractivity contribution >= 4 is 40.9 Å². The molecule has 0 fully saturated rings. The van der Waals surface area contributed by atoms with Crippen LogP contribution in [0.3, 0.4) is 0 Å². The minimum atomic E-state index is -0.260. The van der Waals surface area contributed by atoms with Gasteiger partial charge in [-0.15, -0.1) is 0 Å². The van der Waals surface area contributed by atoms with E-state index in [9.17, 15) is 9.59 Å². The van der Waals surface area contributed by atoms with Crippen molar-refractivity contribution in [2.45, 2.75) is 25.9 Å². The van der Waals surface area contributed by atoms with Crippen molar-refractivity contribution in [1.82, 2.24) is 14.9 Å². The lowest BCUT2D eigenvalue weighted by atomic mass is 10.1. The number of aromatic nitrogens is 2. The Morgan fingerprint density at radius 1 is 1.10 bits per heavy atom. The zero-order valence-corrected chi connectivity index (χ0v) is 18.6. The Morgan fingerprint density at radius 3 is 2.53 bits per heavy atom. The first-order valence-electron chi connectivity index (χ1n) is 9.40. The van der Waals surface area contributed by atoms with E-state index in [1.165, 1.54) is 11.8 Å².